The molecule has 0 bridgehead atoms. The van der Waals surface area contributed by atoms with Crippen molar-refractivity contribution in [3.05, 3.63) is 18.4 Å². The first-order valence-electron chi connectivity index (χ1n) is 3.37. The van der Waals surface area contributed by atoms with Crippen molar-refractivity contribution in [3.63, 3.8) is 0 Å². The zero-order chi connectivity index (χ0) is 9.72. The minimum Gasteiger partial charge on any atom is -0.379 e. The number of aliphatic hydroxyl groups is 1. The highest BCUT2D eigenvalue weighted by atomic mass is 16.7. The van der Waals surface area contributed by atoms with Crippen molar-refractivity contribution in [3.8, 4) is 0 Å². The summed E-state index contributed by atoms with van der Waals surface area (Å²) < 4.78 is 9.23. The van der Waals surface area contributed by atoms with Crippen LogP contribution in [0.2, 0.25) is 0 Å². The van der Waals surface area contributed by atoms with Crippen molar-refractivity contribution in [2.24, 2.45) is 0 Å². The van der Waals surface area contributed by atoms with Gasteiger partial charge in [-0.05, 0) is 12.5 Å². The summed E-state index contributed by atoms with van der Waals surface area (Å²) in [5.74, 6) is -0.506. The van der Waals surface area contributed by atoms with Crippen LogP contribution in [0.3, 0.4) is 0 Å². The summed E-state index contributed by atoms with van der Waals surface area (Å²) in [6.45, 7) is 4.90. The summed E-state index contributed by atoms with van der Waals surface area (Å²) in [5, 5.41) is 9.25. The summed E-state index contributed by atoms with van der Waals surface area (Å²) in [5.41, 5.74) is 0.258. The Hall–Kier alpha value is -0.710. The Morgan fingerprint density at radius 3 is 2.08 bits per heavy atom. The third-order valence-corrected chi connectivity index (χ3v) is 1.29. The Balaban J connectivity index is 4.25. The van der Waals surface area contributed by atoms with Gasteiger partial charge in [-0.1, -0.05) is 6.58 Å². The lowest BCUT2D eigenvalue weighted by molar-refractivity contribution is -0.134. The van der Waals surface area contributed by atoms with E-state index in [-0.39, 0.29) is 11.9 Å². The van der Waals surface area contributed by atoms with Gasteiger partial charge in [0.1, 0.15) is 0 Å². The van der Waals surface area contributed by atoms with Crippen LogP contribution in [0.1, 0.15) is 6.92 Å². The Bertz CT molecular complexity index is 172. The number of hydrogen-bond donors (Lipinski definition) is 1. The van der Waals surface area contributed by atoms with E-state index < -0.39 is 11.9 Å². The van der Waals surface area contributed by atoms with E-state index in [1.165, 1.54) is 21.1 Å². The third kappa shape index (κ3) is 2.73. The van der Waals surface area contributed by atoms with Gasteiger partial charge in [-0.25, -0.2) is 0 Å². The number of rotatable bonds is 5. The van der Waals surface area contributed by atoms with Gasteiger partial charge in [-0.2, -0.15) is 0 Å². The fraction of sp³-hybridized carbons (Fsp3) is 0.500. The van der Waals surface area contributed by atoms with E-state index in [0.717, 1.165) is 0 Å². The molecule has 4 heteroatoms. The summed E-state index contributed by atoms with van der Waals surface area (Å²) in [4.78, 5) is 11.1. The standard InChI is InChI=1S/C8H13O4/c1-5(2)6(9)7(10)8(11-3)12-4/h7,10H,1H2,2-4H3. The van der Waals surface area contributed by atoms with Gasteiger partial charge in [0.25, 0.3) is 6.29 Å². The summed E-state index contributed by atoms with van der Waals surface area (Å²) in [6.07, 6.45) is -1.50. The molecule has 12 heavy (non-hydrogen) atoms. The first kappa shape index (κ1) is 11.3. The zero-order valence-corrected chi connectivity index (χ0v) is 7.46. The number of ether oxygens (including phenoxy) is 2. The highest BCUT2D eigenvalue weighted by Crippen LogP contribution is 2.11. The number of carbonyl (C=O) groups is 1. The predicted octanol–water partition coefficient (Wildman–Crippen LogP) is 0.275. The van der Waals surface area contributed by atoms with Crippen LogP contribution < -0.4 is 0 Å². The van der Waals surface area contributed by atoms with Gasteiger partial charge in [0, 0.05) is 14.2 Å². The number of methoxy groups -OCH3 is 2. The van der Waals surface area contributed by atoms with Crippen LogP contribution in [0.15, 0.2) is 12.2 Å². The number of hydrogen-bond acceptors (Lipinski definition) is 4. The number of ketones is 1. The molecule has 69 valence electrons. The quantitative estimate of drug-likeness (QED) is 0.606. The molecule has 1 atom stereocenters. The minimum atomic E-state index is -1.38. The molecule has 1 radical (unpaired) electrons. The molecule has 0 amide bonds. The molecule has 0 rings (SSSR count). The lowest BCUT2D eigenvalue weighted by Gasteiger charge is -2.16. The van der Waals surface area contributed by atoms with Gasteiger partial charge in [0.15, 0.2) is 11.9 Å². The normalized spacial score (nSPS) is 13.1. The third-order valence-electron chi connectivity index (χ3n) is 1.29. The molecule has 0 aliphatic rings. The number of Topliss-reactive ketones (excluding diaryl/α,β-unsaturated/α-hetero) is 1. The maximum Gasteiger partial charge on any atom is 0.261 e. The molecule has 0 aromatic rings. The predicted molar refractivity (Wildman–Crippen MR) is 43.1 cm³/mol. The van der Waals surface area contributed by atoms with Crippen molar-refractivity contribution in [1.29, 1.82) is 0 Å². The monoisotopic (exact) mass is 173 g/mol. The Kier molecular flexibility index (Phi) is 4.73. The van der Waals surface area contributed by atoms with E-state index in [4.69, 9.17) is 0 Å². The Morgan fingerprint density at radius 1 is 1.42 bits per heavy atom. The molecule has 4 nitrogen and oxygen atoms in total. The summed E-state index contributed by atoms with van der Waals surface area (Å²) >= 11 is 0. The van der Waals surface area contributed by atoms with Gasteiger partial charge in [-0.15, -0.1) is 0 Å². The molecule has 0 aromatic carbocycles. The maximum atomic E-state index is 11.1. The molecule has 0 aromatic heterocycles. The largest absolute Gasteiger partial charge is 0.379 e. The molecule has 1 unspecified atom stereocenters. The van der Waals surface area contributed by atoms with Crippen LogP contribution >= 0.6 is 0 Å². The number of aliphatic hydroxyl groups excluding tert-OH is 1. The van der Waals surface area contributed by atoms with Crippen LogP contribution in [0.4, 0.5) is 0 Å². The molecule has 0 spiro atoms. The second kappa shape index (κ2) is 5.03. The fourth-order valence-corrected chi connectivity index (χ4v) is 0.647. The minimum absolute atomic E-state index is 0.122. The first-order valence-corrected chi connectivity index (χ1v) is 3.37. The van der Waals surface area contributed by atoms with Crippen LogP contribution in [0.25, 0.3) is 0 Å². The van der Waals surface area contributed by atoms with Crippen molar-refractivity contribution in [1.82, 2.24) is 0 Å². The molecular weight excluding hydrogens is 160 g/mol. The van der Waals surface area contributed by atoms with E-state index in [1.54, 1.807) is 0 Å². The van der Waals surface area contributed by atoms with Crippen LogP contribution in [0.5, 0.6) is 0 Å². The topological polar surface area (TPSA) is 55.8 Å². The molecule has 1 N–H and O–H groups in total. The van der Waals surface area contributed by atoms with Crippen LogP contribution in [-0.4, -0.2) is 31.2 Å². The van der Waals surface area contributed by atoms with Crippen molar-refractivity contribution >= 4 is 5.78 Å². The van der Waals surface area contributed by atoms with E-state index in [0.29, 0.717) is 0 Å². The molecule has 0 saturated heterocycles. The fourth-order valence-electron chi connectivity index (χ4n) is 0.647. The van der Waals surface area contributed by atoms with Gasteiger partial charge in [0.2, 0.25) is 0 Å². The molecule has 0 fully saturated rings. The SMILES string of the molecule is C=C(C)C(=O)C(O)[C](OC)OC. The van der Waals surface area contributed by atoms with Crippen LogP contribution in [-0.2, 0) is 14.3 Å². The van der Waals surface area contributed by atoms with Gasteiger partial charge >= 0.3 is 0 Å². The molecular formula is C8H13O4. The average Bonchev–Trinajstić information content (AvgIpc) is 2.05. The second-order valence-electron chi connectivity index (χ2n) is 2.27. The van der Waals surface area contributed by atoms with Gasteiger partial charge in [-0.3, -0.25) is 4.79 Å². The second-order valence-corrected chi connectivity index (χ2v) is 2.27. The van der Waals surface area contributed by atoms with Crippen molar-refractivity contribution in [2.45, 2.75) is 13.0 Å². The highest BCUT2D eigenvalue weighted by Gasteiger charge is 2.27. The zero-order valence-electron chi connectivity index (χ0n) is 7.46. The summed E-state index contributed by atoms with van der Waals surface area (Å²) in [7, 11) is 2.63. The number of carbonyl (C=O) groups excluding carboxylic acids is 1. The lowest BCUT2D eigenvalue weighted by atomic mass is 10.1. The smallest absolute Gasteiger partial charge is 0.261 e. The van der Waals surface area contributed by atoms with Gasteiger partial charge in [0.05, 0.1) is 0 Å². The molecule has 0 saturated carbocycles. The highest BCUT2D eigenvalue weighted by molar-refractivity contribution is 5.98. The molecule has 0 heterocycles. The van der Waals surface area contributed by atoms with Crippen molar-refractivity contribution in [2.75, 3.05) is 14.2 Å². The lowest BCUT2D eigenvalue weighted by Crippen LogP contribution is -2.30. The first-order chi connectivity index (χ1) is 5.54. The van der Waals surface area contributed by atoms with E-state index in [2.05, 4.69) is 16.1 Å². The Labute approximate surface area is 71.8 Å². The maximum absolute atomic E-state index is 11.1. The molecule has 0 aliphatic carbocycles. The van der Waals surface area contributed by atoms with E-state index >= 15 is 0 Å². The van der Waals surface area contributed by atoms with Crippen molar-refractivity contribution < 1.29 is 19.4 Å². The Morgan fingerprint density at radius 2 is 1.83 bits per heavy atom. The summed E-state index contributed by atoms with van der Waals surface area (Å²) in [6, 6.07) is 0. The average molecular weight is 173 g/mol. The van der Waals surface area contributed by atoms with E-state index in [1.807, 2.05) is 0 Å². The molecule has 0 aliphatic heterocycles. The van der Waals surface area contributed by atoms with Gasteiger partial charge < -0.3 is 14.6 Å². The van der Waals surface area contributed by atoms with Crippen LogP contribution in [0, 0.1) is 6.29 Å². The van der Waals surface area contributed by atoms with E-state index in [9.17, 15) is 9.90 Å².